The topological polar surface area (TPSA) is 72.2 Å². The molecule has 156 valence electrons. The van der Waals surface area contributed by atoms with Gasteiger partial charge >= 0.3 is 0 Å². The molecule has 3 aromatic rings. The lowest BCUT2D eigenvalue weighted by molar-refractivity contribution is -0.121. The van der Waals surface area contributed by atoms with Crippen LogP contribution in [0.3, 0.4) is 0 Å². The zero-order valence-electron chi connectivity index (χ0n) is 17.7. The molecule has 1 atom stereocenters. The van der Waals surface area contributed by atoms with E-state index in [-0.39, 0.29) is 18.4 Å². The average molecular weight is 442 g/mol. The van der Waals surface area contributed by atoms with E-state index < -0.39 is 6.04 Å². The van der Waals surface area contributed by atoms with E-state index >= 15 is 0 Å². The number of fused-ring (bicyclic) bond motifs is 3. The van der Waals surface area contributed by atoms with Gasteiger partial charge in [-0.3, -0.25) is 14.4 Å². The smallest absolute Gasteiger partial charge is 0.222 e. The molecule has 1 N–H and O–H groups in total. The van der Waals surface area contributed by atoms with Gasteiger partial charge in [0.05, 0.1) is 12.1 Å². The van der Waals surface area contributed by atoms with Gasteiger partial charge in [-0.1, -0.05) is 23.7 Å². The number of amides is 1. The highest BCUT2D eigenvalue weighted by atomic mass is 35.5. The molecule has 1 aliphatic rings. The Morgan fingerprint density at radius 2 is 1.90 bits per heavy atom. The number of aliphatic imine (C=N–C) groups is 1. The van der Waals surface area contributed by atoms with Crippen LogP contribution in [0.15, 0.2) is 29.3 Å². The first kappa shape index (κ1) is 20.8. The molecule has 0 radical (unpaired) electrons. The highest BCUT2D eigenvalue weighted by molar-refractivity contribution is 7.15. The monoisotopic (exact) mass is 441 g/mol. The van der Waals surface area contributed by atoms with Crippen LogP contribution in [-0.2, 0) is 4.79 Å². The number of aryl methyl sites for hydroxylation is 2. The standard InChI is InChI=1S/C22H24ClN5OS/c1-11(2)24-18(29)10-17-21-27-26-14(5)28(21)22-19(12(3)13(4)30-22)20(25-17)15-6-8-16(23)9-7-15/h6-9,11,17H,10H2,1-5H3,(H,24,29)/t17-/m1/s1. The van der Waals surface area contributed by atoms with Crippen LogP contribution in [0.4, 0.5) is 0 Å². The van der Waals surface area contributed by atoms with E-state index in [4.69, 9.17) is 16.6 Å². The fraction of sp³-hybridized carbons (Fsp3) is 0.364. The number of hydrogen-bond donors (Lipinski definition) is 1. The molecule has 0 bridgehead atoms. The van der Waals surface area contributed by atoms with E-state index in [1.165, 1.54) is 10.4 Å². The van der Waals surface area contributed by atoms with Crippen molar-refractivity contribution in [3.63, 3.8) is 0 Å². The summed E-state index contributed by atoms with van der Waals surface area (Å²) >= 11 is 7.83. The molecule has 6 nitrogen and oxygen atoms in total. The molecule has 4 rings (SSSR count). The molecule has 0 unspecified atom stereocenters. The number of nitrogens with one attached hydrogen (secondary N) is 1. The van der Waals surface area contributed by atoms with Gasteiger partial charge in [0.1, 0.15) is 16.9 Å². The Bertz CT molecular complexity index is 1140. The number of thiophene rings is 1. The van der Waals surface area contributed by atoms with Gasteiger partial charge in [-0.05, 0) is 52.3 Å². The first-order valence-electron chi connectivity index (χ1n) is 9.92. The maximum Gasteiger partial charge on any atom is 0.222 e. The maximum absolute atomic E-state index is 12.6. The molecule has 0 aliphatic carbocycles. The lowest BCUT2D eigenvalue weighted by Gasteiger charge is -2.14. The van der Waals surface area contributed by atoms with E-state index in [0.29, 0.717) is 10.8 Å². The Balaban J connectivity index is 1.93. The second kappa shape index (κ2) is 7.96. The van der Waals surface area contributed by atoms with Gasteiger partial charge < -0.3 is 5.32 Å². The van der Waals surface area contributed by atoms with E-state index in [1.54, 1.807) is 11.3 Å². The summed E-state index contributed by atoms with van der Waals surface area (Å²) < 4.78 is 2.06. The van der Waals surface area contributed by atoms with Gasteiger partial charge in [0, 0.05) is 27.1 Å². The number of benzene rings is 1. The van der Waals surface area contributed by atoms with Crippen LogP contribution in [-0.4, -0.2) is 32.4 Å². The third-order valence-electron chi connectivity index (χ3n) is 5.19. The van der Waals surface area contributed by atoms with Crippen LogP contribution in [0, 0.1) is 20.8 Å². The zero-order valence-corrected chi connectivity index (χ0v) is 19.2. The van der Waals surface area contributed by atoms with Crippen LogP contribution in [0.25, 0.3) is 5.00 Å². The zero-order chi connectivity index (χ0) is 21.6. The summed E-state index contributed by atoms with van der Waals surface area (Å²) in [6, 6.07) is 7.31. The summed E-state index contributed by atoms with van der Waals surface area (Å²) in [5, 5.41) is 13.4. The van der Waals surface area contributed by atoms with Crippen molar-refractivity contribution in [1.82, 2.24) is 20.1 Å². The molecule has 0 spiro atoms. The number of hydrogen-bond acceptors (Lipinski definition) is 5. The number of rotatable bonds is 4. The van der Waals surface area contributed by atoms with Gasteiger partial charge in [0.15, 0.2) is 5.82 Å². The Labute approximate surface area is 185 Å². The summed E-state index contributed by atoms with van der Waals surface area (Å²) in [4.78, 5) is 18.9. The van der Waals surface area contributed by atoms with Crippen LogP contribution in [0.1, 0.15) is 59.5 Å². The second-order valence-electron chi connectivity index (χ2n) is 7.83. The fourth-order valence-corrected chi connectivity index (χ4v) is 5.03. The number of halogens is 1. The normalized spacial score (nSPS) is 15.4. The minimum atomic E-state index is -0.435. The summed E-state index contributed by atoms with van der Waals surface area (Å²) in [6.45, 7) is 10.1. The molecule has 0 saturated carbocycles. The molecular formula is C22H24ClN5OS. The number of nitrogens with zero attached hydrogens (tertiary/aromatic N) is 4. The van der Waals surface area contributed by atoms with Gasteiger partial charge in [-0.25, -0.2) is 0 Å². The lowest BCUT2D eigenvalue weighted by Crippen LogP contribution is -2.31. The van der Waals surface area contributed by atoms with E-state index in [1.807, 2.05) is 45.0 Å². The Hall–Kier alpha value is -2.51. The maximum atomic E-state index is 12.6. The van der Waals surface area contributed by atoms with Crippen LogP contribution < -0.4 is 5.32 Å². The quantitative estimate of drug-likeness (QED) is 0.637. The highest BCUT2D eigenvalue weighted by Crippen LogP contribution is 2.39. The van der Waals surface area contributed by atoms with Crippen LogP contribution >= 0.6 is 22.9 Å². The number of carbonyl (C=O) groups is 1. The van der Waals surface area contributed by atoms with Crippen molar-refractivity contribution in [2.24, 2.45) is 4.99 Å². The minimum Gasteiger partial charge on any atom is -0.354 e. The van der Waals surface area contributed by atoms with Crippen LogP contribution in [0.5, 0.6) is 0 Å². The molecular weight excluding hydrogens is 418 g/mol. The van der Waals surface area contributed by atoms with Crippen molar-refractivity contribution in [2.75, 3.05) is 0 Å². The SMILES string of the molecule is Cc1sc2c(c1C)C(c1ccc(Cl)cc1)=N[C@H](CC(=O)NC(C)C)c1nnc(C)n1-2. The fourth-order valence-electron chi connectivity index (χ4n) is 3.69. The number of carbonyl (C=O) groups excluding carboxylic acids is 1. The van der Waals surface area contributed by atoms with Crippen molar-refractivity contribution < 1.29 is 4.79 Å². The third-order valence-corrected chi connectivity index (χ3v) is 6.63. The Morgan fingerprint density at radius 1 is 1.20 bits per heavy atom. The largest absolute Gasteiger partial charge is 0.354 e. The van der Waals surface area contributed by atoms with Gasteiger partial charge in [-0.2, -0.15) is 0 Å². The van der Waals surface area contributed by atoms with E-state index in [2.05, 4.69) is 33.9 Å². The first-order chi connectivity index (χ1) is 14.3. The molecule has 0 saturated heterocycles. The number of aromatic nitrogens is 3. The second-order valence-corrected chi connectivity index (χ2v) is 9.47. The van der Waals surface area contributed by atoms with Gasteiger partial charge in [0.25, 0.3) is 0 Å². The lowest BCUT2D eigenvalue weighted by atomic mass is 9.99. The van der Waals surface area contributed by atoms with Crippen molar-refractivity contribution in [2.45, 2.75) is 53.1 Å². The van der Waals surface area contributed by atoms with Crippen molar-refractivity contribution in [1.29, 1.82) is 0 Å². The summed E-state index contributed by atoms with van der Waals surface area (Å²) in [6.07, 6.45) is 0.209. The summed E-state index contributed by atoms with van der Waals surface area (Å²) in [7, 11) is 0. The summed E-state index contributed by atoms with van der Waals surface area (Å²) in [5.41, 5.74) is 4.06. The van der Waals surface area contributed by atoms with Gasteiger partial charge in [-0.15, -0.1) is 21.5 Å². The molecule has 8 heteroatoms. The van der Waals surface area contributed by atoms with Crippen LogP contribution in [0.2, 0.25) is 5.02 Å². The third kappa shape index (κ3) is 3.68. The van der Waals surface area contributed by atoms with E-state index in [0.717, 1.165) is 27.7 Å². The first-order valence-corrected chi connectivity index (χ1v) is 11.1. The summed E-state index contributed by atoms with van der Waals surface area (Å²) in [5.74, 6) is 1.42. The Morgan fingerprint density at radius 3 is 2.57 bits per heavy atom. The molecule has 3 heterocycles. The molecule has 30 heavy (non-hydrogen) atoms. The van der Waals surface area contributed by atoms with Gasteiger partial charge in [0.2, 0.25) is 5.91 Å². The highest BCUT2D eigenvalue weighted by Gasteiger charge is 2.32. The molecule has 1 amide bonds. The predicted molar refractivity (Wildman–Crippen MR) is 121 cm³/mol. The average Bonchev–Trinajstić information content (AvgIpc) is 3.14. The Kier molecular flexibility index (Phi) is 5.51. The van der Waals surface area contributed by atoms with Crippen molar-refractivity contribution in [3.8, 4) is 5.00 Å². The van der Waals surface area contributed by atoms with Crippen molar-refractivity contribution in [3.05, 3.63) is 62.5 Å². The molecule has 2 aromatic heterocycles. The van der Waals surface area contributed by atoms with E-state index in [9.17, 15) is 4.79 Å². The van der Waals surface area contributed by atoms with Crippen molar-refractivity contribution >= 4 is 34.6 Å². The molecule has 1 aromatic carbocycles. The molecule has 1 aliphatic heterocycles. The molecule has 0 fully saturated rings. The minimum absolute atomic E-state index is 0.0560. The predicted octanol–water partition coefficient (Wildman–Crippen LogP) is 4.71.